The number of benzene rings is 1. The van der Waals surface area contributed by atoms with Crippen molar-refractivity contribution in [1.82, 2.24) is 10.2 Å². The van der Waals surface area contributed by atoms with Gasteiger partial charge in [-0.3, -0.25) is 5.10 Å². The summed E-state index contributed by atoms with van der Waals surface area (Å²) in [4.78, 5) is 2.28. The van der Waals surface area contributed by atoms with Crippen molar-refractivity contribution in [1.29, 1.82) is 0 Å². The van der Waals surface area contributed by atoms with Gasteiger partial charge in [0.2, 0.25) is 0 Å². The van der Waals surface area contributed by atoms with Crippen LogP contribution in [0, 0.1) is 0 Å². The topological polar surface area (TPSA) is 41.1 Å². The zero-order valence-corrected chi connectivity index (χ0v) is 9.50. The summed E-state index contributed by atoms with van der Waals surface area (Å²) in [5.74, 6) is 0. The quantitative estimate of drug-likeness (QED) is 0.826. The van der Waals surface area contributed by atoms with E-state index in [9.17, 15) is 0 Å². The minimum Gasteiger partial charge on any atom is -0.378 e. The highest BCUT2D eigenvalue weighted by atomic mass is 35.5. The number of aromatic nitrogens is 2. The van der Waals surface area contributed by atoms with Gasteiger partial charge in [0.15, 0.2) is 0 Å². The fourth-order valence-corrected chi connectivity index (χ4v) is 2.28. The Morgan fingerprint density at radius 1 is 1.31 bits per heavy atom. The molecule has 1 aromatic carbocycles. The number of nitrogens with zero attached hydrogens (tertiary/aromatic N) is 2. The van der Waals surface area contributed by atoms with Crippen molar-refractivity contribution in [2.24, 2.45) is 0 Å². The summed E-state index contributed by atoms with van der Waals surface area (Å²) in [5.41, 5.74) is 2.12. The Balaban J connectivity index is 2.09. The van der Waals surface area contributed by atoms with Crippen molar-refractivity contribution >= 4 is 28.2 Å². The summed E-state index contributed by atoms with van der Waals surface area (Å²) in [7, 11) is 0. The van der Waals surface area contributed by atoms with Gasteiger partial charge in [-0.2, -0.15) is 5.10 Å². The molecule has 0 spiro atoms. The van der Waals surface area contributed by atoms with Gasteiger partial charge in [-0.25, -0.2) is 0 Å². The van der Waals surface area contributed by atoms with Crippen LogP contribution < -0.4 is 4.90 Å². The van der Waals surface area contributed by atoms with Crippen molar-refractivity contribution in [2.75, 3.05) is 31.2 Å². The average molecular weight is 238 g/mol. The Bertz CT molecular complexity index is 505. The lowest BCUT2D eigenvalue weighted by Gasteiger charge is -2.29. The van der Waals surface area contributed by atoms with Gasteiger partial charge in [0.05, 0.1) is 24.9 Å². The molecule has 3 rings (SSSR count). The molecule has 84 valence electrons. The third-order valence-corrected chi connectivity index (χ3v) is 3.07. The highest BCUT2D eigenvalue weighted by Gasteiger charge is 2.15. The van der Waals surface area contributed by atoms with Crippen LogP contribution in [-0.2, 0) is 4.74 Å². The van der Waals surface area contributed by atoms with Crippen molar-refractivity contribution in [2.45, 2.75) is 0 Å². The SMILES string of the molecule is Clc1cc(N2CCOCC2)c2cn[nH]c2c1. The second-order valence-electron chi connectivity index (χ2n) is 3.86. The van der Waals surface area contributed by atoms with Crippen LogP contribution in [0.2, 0.25) is 5.02 Å². The lowest BCUT2D eigenvalue weighted by molar-refractivity contribution is 0.123. The van der Waals surface area contributed by atoms with Crippen LogP contribution in [0.5, 0.6) is 0 Å². The Hall–Kier alpha value is -1.26. The maximum atomic E-state index is 6.09. The van der Waals surface area contributed by atoms with Crippen LogP contribution in [0.3, 0.4) is 0 Å². The highest BCUT2D eigenvalue weighted by molar-refractivity contribution is 6.31. The van der Waals surface area contributed by atoms with Gasteiger partial charge < -0.3 is 9.64 Å². The highest BCUT2D eigenvalue weighted by Crippen LogP contribution is 2.29. The summed E-state index contributed by atoms with van der Waals surface area (Å²) in [6.07, 6.45) is 1.84. The van der Waals surface area contributed by atoms with Gasteiger partial charge in [-0.15, -0.1) is 0 Å². The van der Waals surface area contributed by atoms with Gasteiger partial charge in [-0.1, -0.05) is 11.6 Å². The number of aromatic amines is 1. The van der Waals surface area contributed by atoms with E-state index in [0.717, 1.165) is 47.9 Å². The number of morpholine rings is 1. The van der Waals surface area contributed by atoms with E-state index >= 15 is 0 Å². The summed E-state index contributed by atoms with van der Waals surface area (Å²) in [6.45, 7) is 3.35. The molecular formula is C11H12ClN3O. The number of fused-ring (bicyclic) bond motifs is 1. The molecule has 0 amide bonds. The van der Waals surface area contributed by atoms with E-state index in [1.807, 2.05) is 18.3 Å². The molecule has 0 radical (unpaired) electrons. The molecule has 1 N–H and O–H groups in total. The van der Waals surface area contributed by atoms with Crippen LogP contribution in [0.4, 0.5) is 5.69 Å². The molecular weight excluding hydrogens is 226 g/mol. The Morgan fingerprint density at radius 3 is 2.94 bits per heavy atom. The van der Waals surface area contributed by atoms with E-state index in [1.54, 1.807) is 0 Å². The maximum absolute atomic E-state index is 6.09. The Labute approximate surface area is 98.1 Å². The zero-order chi connectivity index (χ0) is 11.0. The fourth-order valence-electron chi connectivity index (χ4n) is 2.06. The Kier molecular flexibility index (Phi) is 2.46. The molecule has 1 aliphatic heterocycles. The van der Waals surface area contributed by atoms with Crippen LogP contribution in [0.1, 0.15) is 0 Å². The third kappa shape index (κ3) is 1.64. The van der Waals surface area contributed by atoms with E-state index in [0.29, 0.717) is 0 Å². The van der Waals surface area contributed by atoms with Crippen LogP contribution in [0.25, 0.3) is 10.9 Å². The molecule has 2 heterocycles. The first-order chi connectivity index (χ1) is 7.84. The molecule has 0 aliphatic carbocycles. The van der Waals surface area contributed by atoms with E-state index in [2.05, 4.69) is 15.1 Å². The maximum Gasteiger partial charge on any atom is 0.0686 e. The number of anilines is 1. The van der Waals surface area contributed by atoms with Gasteiger partial charge in [-0.05, 0) is 12.1 Å². The van der Waals surface area contributed by atoms with E-state index in [4.69, 9.17) is 16.3 Å². The molecule has 0 unspecified atom stereocenters. The fraction of sp³-hybridized carbons (Fsp3) is 0.364. The molecule has 16 heavy (non-hydrogen) atoms. The molecule has 1 fully saturated rings. The first-order valence-electron chi connectivity index (χ1n) is 5.30. The second-order valence-corrected chi connectivity index (χ2v) is 4.29. The zero-order valence-electron chi connectivity index (χ0n) is 8.74. The van der Waals surface area contributed by atoms with Gasteiger partial charge in [0.25, 0.3) is 0 Å². The number of ether oxygens (including phenoxy) is 1. The van der Waals surface area contributed by atoms with Crippen LogP contribution in [0.15, 0.2) is 18.3 Å². The van der Waals surface area contributed by atoms with Crippen LogP contribution >= 0.6 is 11.6 Å². The number of rotatable bonds is 1. The van der Waals surface area contributed by atoms with E-state index < -0.39 is 0 Å². The lowest BCUT2D eigenvalue weighted by atomic mass is 10.2. The van der Waals surface area contributed by atoms with Crippen molar-refractivity contribution < 1.29 is 4.74 Å². The number of H-pyrrole nitrogens is 1. The minimum atomic E-state index is 0.734. The normalized spacial score (nSPS) is 16.9. The summed E-state index contributed by atoms with van der Waals surface area (Å²) in [6, 6.07) is 3.89. The molecule has 0 saturated carbocycles. The van der Waals surface area contributed by atoms with Crippen LogP contribution in [-0.4, -0.2) is 36.5 Å². The van der Waals surface area contributed by atoms with Crippen molar-refractivity contribution in [3.8, 4) is 0 Å². The summed E-state index contributed by atoms with van der Waals surface area (Å²) >= 11 is 6.09. The molecule has 1 aliphatic rings. The standard InChI is InChI=1S/C11H12ClN3O/c12-8-5-10-9(7-13-14-10)11(6-8)15-1-3-16-4-2-15/h5-7H,1-4H2,(H,13,14). The molecule has 4 nitrogen and oxygen atoms in total. The van der Waals surface area contributed by atoms with Gasteiger partial charge in [0, 0.05) is 29.2 Å². The minimum absolute atomic E-state index is 0.734. The van der Waals surface area contributed by atoms with Gasteiger partial charge >= 0.3 is 0 Å². The molecule has 5 heteroatoms. The Morgan fingerprint density at radius 2 is 2.12 bits per heavy atom. The molecule has 1 aromatic heterocycles. The molecule has 2 aromatic rings. The van der Waals surface area contributed by atoms with E-state index in [-0.39, 0.29) is 0 Å². The molecule has 0 bridgehead atoms. The first kappa shape index (κ1) is 9.93. The third-order valence-electron chi connectivity index (χ3n) is 2.85. The first-order valence-corrected chi connectivity index (χ1v) is 5.68. The van der Waals surface area contributed by atoms with Crippen molar-refractivity contribution in [3.63, 3.8) is 0 Å². The number of hydrogen-bond acceptors (Lipinski definition) is 3. The predicted octanol–water partition coefficient (Wildman–Crippen LogP) is 2.05. The summed E-state index contributed by atoms with van der Waals surface area (Å²) in [5, 5.41) is 8.86. The summed E-state index contributed by atoms with van der Waals surface area (Å²) < 4.78 is 5.35. The van der Waals surface area contributed by atoms with Crippen molar-refractivity contribution in [3.05, 3.63) is 23.4 Å². The molecule has 0 atom stereocenters. The number of halogens is 1. The predicted molar refractivity (Wildman–Crippen MR) is 64.1 cm³/mol. The average Bonchev–Trinajstić information content (AvgIpc) is 2.77. The largest absolute Gasteiger partial charge is 0.378 e. The smallest absolute Gasteiger partial charge is 0.0686 e. The number of hydrogen-bond donors (Lipinski definition) is 1. The number of nitrogens with one attached hydrogen (secondary N) is 1. The monoisotopic (exact) mass is 237 g/mol. The molecule has 1 saturated heterocycles. The second kappa shape index (κ2) is 3.96. The lowest BCUT2D eigenvalue weighted by Crippen LogP contribution is -2.36. The van der Waals surface area contributed by atoms with E-state index in [1.165, 1.54) is 0 Å². The van der Waals surface area contributed by atoms with Gasteiger partial charge in [0.1, 0.15) is 0 Å².